The molecular formula is C15H18O5. The standard InChI is InChI=1S/C15H18O5/c16-14(20-13-4-2-1-3-5-13)10-19-12-8-6-11(7-9-12)15(17)18/h6-9,13H,1-5,10H2,(H,17,18). The summed E-state index contributed by atoms with van der Waals surface area (Å²) >= 11 is 0. The summed E-state index contributed by atoms with van der Waals surface area (Å²) in [6.07, 6.45) is 5.30. The SMILES string of the molecule is O=C(COc1ccc(C(=O)O)cc1)OC1CCCCC1. The number of carbonyl (C=O) groups excluding carboxylic acids is 1. The first-order valence-electron chi connectivity index (χ1n) is 6.81. The zero-order chi connectivity index (χ0) is 14.4. The first kappa shape index (κ1) is 14.4. The predicted molar refractivity (Wildman–Crippen MR) is 71.9 cm³/mol. The number of rotatable bonds is 5. The minimum absolute atomic E-state index is 0.0224. The number of carboxylic acid groups (broad SMARTS) is 1. The van der Waals surface area contributed by atoms with E-state index in [-0.39, 0.29) is 24.2 Å². The van der Waals surface area contributed by atoms with Gasteiger partial charge in [-0.1, -0.05) is 6.42 Å². The van der Waals surface area contributed by atoms with Crippen molar-refractivity contribution in [3.8, 4) is 5.75 Å². The maximum atomic E-state index is 11.6. The molecule has 0 radical (unpaired) electrons. The first-order chi connectivity index (χ1) is 9.65. The van der Waals surface area contributed by atoms with Gasteiger partial charge >= 0.3 is 11.9 Å². The summed E-state index contributed by atoms with van der Waals surface area (Å²) in [5.41, 5.74) is 0.183. The molecule has 1 saturated carbocycles. The molecule has 0 unspecified atom stereocenters. The van der Waals surface area contributed by atoms with Crippen LogP contribution in [0.4, 0.5) is 0 Å². The second kappa shape index (κ2) is 6.93. The zero-order valence-corrected chi connectivity index (χ0v) is 11.2. The molecule has 20 heavy (non-hydrogen) atoms. The summed E-state index contributed by atoms with van der Waals surface area (Å²) in [5.74, 6) is -0.914. The fourth-order valence-corrected chi connectivity index (χ4v) is 2.24. The lowest BCUT2D eigenvalue weighted by Gasteiger charge is -2.21. The van der Waals surface area contributed by atoms with Gasteiger partial charge in [0.1, 0.15) is 11.9 Å². The number of benzene rings is 1. The Bertz CT molecular complexity index is 460. The Hall–Kier alpha value is -2.04. The van der Waals surface area contributed by atoms with Gasteiger partial charge < -0.3 is 14.6 Å². The normalized spacial score (nSPS) is 15.6. The molecule has 0 bridgehead atoms. The number of ether oxygens (including phenoxy) is 2. The van der Waals surface area contributed by atoms with Crippen LogP contribution >= 0.6 is 0 Å². The van der Waals surface area contributed by atoms with E-state index >= 15 is 0 Å². The second-order valence-corrected chi connectivity index (χ2v) is 4.87. The molecule has 1 aromatic carbocycles. The van der Waals surface area contributed by atoms with Gasteiger partial charge in [0, 0.05) is 0 Å². The highest BCUT2D eigenvalue weighted by atomic mass is 16.6. The van der Waals surface area contributed by atoms with Crippen LogP contribution in [0.2, 0.25) is 0 Å². The summed E-state index contributed by atoms with van der Waals surface area (Å²) in [5, 5.41) is 8.76. The molecule has 0 aromatic heterocycles. The number of esters is 1. The molecule has 0 heterocycles. The predicted octanol–water partition coefficient (Wildman–Crippen LogP) is 2.64. The Morgan fingerprint density at radius 3 is 2.35 bits per heavy atom. The van der Waals surface area contributed by atoms with Gasteiger partial charge in [-0.05, 0) is 49.9 Å². The van der Waals surface area contributed by atoms with Crippen molar-refractivity contribution in [2.75, 3.05) is 6.61 Å². The van der Waals surface area contributed by atoms with Crippen LogP contribution in [0.5, 0.6) is 5.75 Å². The molecule has 1 fully saturated rings. The highest BCUT2D eigenvalue weighted by Gasteiger charge is 2.17. The van der Waals surface area contributed by atoms with Crippen LogP contribution in [0.15, 0.2) is 24.3 Å². The molecule has 1 aliphatic carbocycles. The molecule has 108 valence electrons. The smallest absolute Gasteiger partial charge is 0.344 e. The molecular weight excluding hydrogens is 260 g/mol. The van der Waals surface area contributed by atoms with Crippen molar-refractivity contribution in [1.82, 2.24) is 0 Å². The van der Waals surface area contributed by atoms with Crippen molar-refractivity contribution >= 4 is 11.9 Å². The van der Waals surface area contributed by atoms with E-state index in [1.165, 1.54) is 30.7 Å². The Morgan fingerprint density at radius 2 is 1.75 bits per heavy atom. The minimum atomic E-state index is -0.992. The average molecular weight is 278 g/mol. The maximum absolute atomic E-state index is 11.6. The fraction of sp³-hybridized carbons (Fsp3) is 0.467. The van der Waals surface area contributed by atoms with Crippen LogP contribution in [0.25, 0.3) is 0 Å². The van der Waals surface area contributed by atoms with E-state index in [2.05, 4.69) is 0 Å². The highest BCUT2D eigenvalue weighted by Crippen LogP contribution is 2.20. The van der Waals surface area contributed by atoms with Gasteiger partial charge in [0.25, 0.3) is 0 Å². The van der Waals surface area contributed by atoms with Crippen LogP contribution in [0.3, 0.4) is 0 Å². The van der Waals surface area contributed by atoms with Gasteiger partial charge in [0.15, 0.2) is 6.61 Å². The minimum Gasteiger partial charge on any atom is -0.482 e. The molecule has 0 saturated heterocycles. The zero-order valence-electron chi connectivity index (χ0n) is 11.2. The molecule has 5 nitrogen and oxygen atoms in total. The average Bonchev–Trinajstić information content (AvgIpc) is 2.46. The third kappa shape index (κ3) is 4.26. The maximum Gasteiger partial charge on any atom is 0.344 e. The quantitative estimate of drug-likeness (QED) is 0.838. The second-order valence-electron chi connectivity index (χ2n) is 4.87. The van der Waals surface area contributed by atoms with E-state index in [1.54, 1.807) is 0 Å². The fourth-order valence-electron chi connectivity index (χ4n) is 2.24. The molecule has 0 aliphatic heterocycles. The number of aromatic carboxylic acids is 1. The summed E-state index contributed by atoms with van der Waals surface area (Å²) in [6.45, 7) is -0.150. The summed E-state index contributed by atoms with van der Waals surface area (Å²) in [4.78, 5) is 22.3. The van der Waals surface area contributed by atoms with E-state index in [0.717, 1.165) is 25.7 Å². The number of carbonyl (C=O) groups is 2. The van der Waals surface area contributed by atoms with Gasteiger partial charge in [-0.25, -0.2) is 9.59 Å². The Labute approximate surface area is 117 Å². The Balaban J connectivity index is 1.76. The third-order valence-electron chi connectivity index (χ3n) is 3.31. The molecule has 0 spiro atoms. The summed E-state index contributed by atoms with van der Waals surface area (Å²) < 4.78 is 10.6. The van der Waals surface area contributed by atoms with Gasteiger partial charge in [0.2, 0.25) is 0 Å². The Kier molecular flexibility index (Phi) is 4.98. The molecule has 1 N–H and O–H groups in total. The molecule has 1 aliphatic rings. The molecule has 1 aromatic rings. The van der Waals surface area contributed by atoms with Crippen LogP contribution in [-0.2, 0) is 9.53 Å². The van der Waals surface area contributed by atoms with Crippen molar-refractivity contribution < 1.29 is 24.2 Å². The lowest BCUT2D eigenvalue weighted by atomic mass is 9.98. The lowest BCUT2D eigenvalue weighted by molar-refractivity contribution is -0.152. The van der Waals surface area contributed by atoms with E-state index < -0.39 is 5.97 Å². The van der Waals surface area contributed by atoms with Crippen molar-refractivity contribution in [1.29, 1.82) is 0 Å². The topological polar surface area (TPSA) is 72.8 Å². The molecule has 0 atom stereocenters. The van der Waals surface area contributed by atoms with Crippen molar-refractivity contribution in [2.24, 2.45) is 0 Å². The van der Waals surface area contributed by atoms with Crippen LogP contribution in [-0.4, -0.2) is 29.8 Å². The third-order valence-corrected chi connectivity index (χ3v) is 3.31. The summed E-state index contributed by atoms with van der Waals surface area (Å²) in [7, 11) is 0. The van der Waals surface area contributed by atoms with Gasteiger partial charge in [-0.2, -0.15) is 0 Å². The van der Waals surface area contributed by atoms with E-state index in [4.69, 9.17) is 14.6 Å². The van der Waals surface area contributed by atoms with E-state index in [9.17, 15) is 9.59 Å². The van der Waals surface area contributed by atoms with Crippen LogP contribution in [0.1, 0.15) is 42.5 Å². The number of hydrogen-bond acceptors (Lipinski definition) is 4. The van der Waals surface area contributed by atoms with Crippen molar-refractivity contribution in [2.45, 2.75) is 38.2 Å². The highest BCUT2D eigenvalue weighted by molar-refractivity contribution is 5.87. The largest absolute Gasteiger partial charge is 0.482 e. The van der Waals surface area contributed by atoms with E-state index in [1.807, 2.05) is 0 Å². The van der Waals surface area contributed by atoms with Crippen LogP contribution < -0.4 is 4.74 Å². The monoisotopic (exact) mass is 278 g/mol. The van der Waals surface area contributed by atoms with Crippen LogP contribution in [0, 0.1) is 0 Å². The summed E-state index contributed by atoms with van der Waals surface area (Å²) in [6, 6.07) is 5.92. The number of carboxylic acids is 1. The Morgan fingerprint density at radius 1 is 1.10 bits per heavy atom. The first-order valence-corrected chi connectivity index (χ1v) is 6.81. The van der Waals surface area contributed by atoms with Gasteiger partial charge in [-0.3, -0.25) is 0 Å². The lowest BCUT2D eigenvalue weighted by Crippen LogP contribution is -2.24. The van der Waals surface area contributed by atoms with Gasteiger partial charge in [0.05, 0.1) is 5.56 Å². The number of hydrogen-bond donors (Lipinski definition) is 1. The van der Waals surface area contributed by atoms with Crippen molar-refractivity contribution in [3.63, 3.8) is 0 Å². The molecule has 5 heteroatoms. The van der Waals surface area contributed by atoms with Crippen molar-refractivity contribution in [3.05, 3.63) is 29.8 Å². The molecule has 0 amide bonds. The molecule has 2 rings (SSSR count). The van der Waals surface area contributed by atoms with E-state index in [0.29, 0.717) is 5.75 Å². The van der Waals surface area contributed by atoms with Gasteiger partial charge in [-0.15, -0.1) is 0 Å².